The quantitative estimate of drug-likeness (QED) is 0.901. The molecule has 2 N–H and O–H groups in total. The van der Waals surface area contributed by atoms with Gasteiger partial charge in [0.2, 0.25) is 0 Å². The second-order valence-corrected chi connectivity index (χ2v) is 4.82. The molecule has 4 nitrogen and oxygen atoms in total. The van der Waals surface area contributed by atoms with Crippen LogP contribution in [-0.2, 0) is 19.4 Å². The summed E-state index contributed by atoms with van der Waals surface area (Å²) in [7, 11) is 0. The Labute approximate surface area is 117 Å². The highest BCUT2D eigenvalue weighted by atomic mass is 19.1. The van der Waals surface area contributed by atoms with Crippen LogP contribution in [-0.4, -0.2) is 16.5 Å². The third-order valence-electron chi connectivity index (χ3n) is 3.60. The first-order valence-corrected chi connectivity index (χ1v) is 6.87. The number of hydrogen-bond acceptors (Lipinski definition) is 4. The standard InChI is InChI=1S/C15H17FN4/c1-2-10-12(16)4-3-5-13(10)20-15-11-6-7-17-8-14(11)18-9-19-15/h3-5,9,17H,2,6-8H2,1H3,(H,18,19,20). The van der Waals surface area contributed by atoms with Crippen molar-refractivity contribution in [3.63, 3.8) is 0 Å². The lowest BCUT2D eigenvalue weighted by molar-refractivity contribution is 0.613. The fourth-order valence-corrected chi connectivity index (χ4v) is 2.55. The maximum Gasteiger partial charge on any atom is 0.137 e. The normalized spacial score (nSPS) is 13.9. The SMILES string of the molecule is CCc1c(F)cccc1Nc1ncnc2c1CCNC2. The predicted octanol–water partition coefficient (Wildman–Crippen LogP) is 2.57. The van der Waals surface area contributed by atoms with Crippen molar-refractivity contribution in [3.8, 4) is 0 Å². The first-order valence-electron chi connectivity index (χ1n) is 6.87. The number of fused-ring (bicyclic) bond motifs is 1. The van der Waals surface area contributed by atoms with Crippen molar-refractivity contribution in [2.24, 2.45) is 0 Å². The molecule has 0 fully saturated rings. The minimum atomic E-state index is -0.179. The maximum absolute atomic E-state index is 13.8. The van der Waals surface area contributed by atoms with Gasteiger partial charge in [-0.25, -0.2) is 14.4 Å². The van der Waals surface area contributed by atoms with E-state index in [1.165, 1.54) is 6.07 Å². The van der Waals surface area contributed by atoms with Crippen molar-refractivity contribution < 1.29 is 4.39 Å². The second-order valence-electron chi connectivity index (χ2n) is 4.82. The molecule has 0 bridgehead atoms. The van der Waals surface area contributed by atoms with E-state index in [0.29, 0.717) is 12.0 Å². The van der Waals surface area contributed by atoms with Crippen LogP contribution in [0.2, 0.25) is 0 Å². The molecule has 5 heteroatoms. The first-order chi connectivity index (χ1) is 9.79. The van der Waals surface area contributed by atoms with E-state index in [1.807, 2.05) is 13.0 Å². The summed E-state index contributed by atoms with van der Waals surface area (Å²) in [6.07, 6.45) is 3.08. The van der Waals surface area contributed by atoms with Gasteiger partial charge in [0.05, 0.1) is 5.69 Å². The predicted molar refractivity (Wildman–Crippen MR) is 76.5 cm³/mol. The Hall–Kier alpha value is -2.01. The van der Waals surface area contributed by atoms with Crippen LogP contribution in [0.4, 0.5) is 15.9 Å². The van der Waals surface area contributed by atoms with Crippen molar-refractivity contribution >= 4 is 11.5 Å². The lowest BCUT2D eigenvalue weighted by Crippen LogP contribution is -2.25. The molecule has 0 saturated heterocycles. The van der Waals surface area contributed by atoms with Gasteiger partial charge in [-0.2, -0.15) is 0 Å². The summed E-state index contributed by atoms with van der Waals surface area (Å²) in [6.45, 7) is 3.62. The summed E-state index contributed by atoms with van der Waals surface area (Å²) < 4.78 is 13.8. The lowest BCUT2D eigenvalue weighted by Gasteiger charge is -2.20. The van der Waals surface area contributed by atoms with Crippen molar-refractivity contribution in [1.82, 2.24) is 15.3 Å². The molecule has 2 heterocycles. The molecule has 0 radical (unpaired) electrons. The summed E-state index contributed by atoms with van der Waals surface area (Å²) in [5.41, 5.74) is 3.61. The van der Waals surface area contributed by atoms with Crippen LogP contribution in [0.5, 0.6) is 0 Å². The molecular formula is C15H17FN4. The van der Waals surface area contributed by atoms with Crippen molar-refractivity contribution in [1.29, 1.82) is 0 Å². The van der Waals surface area contributed by atoms with E-state index in [-0.39, 0.29) is 5.82 Å². The molecule has 0 spiro atoms. The average Bonchev–Trinajstić information content (AvgIpc) is 2.48. The van der Waals surface area contributed by atoms with Crippen LogP contribution in [0.1, 0.15) is 23.7 Å². The number of hydrogen-bond donors (Lipinski definition) is 2. The van der Waals surface area contributed by atoms with E-state index >= 15 is 0 Å². The van der Waals surface area contributed by atoms with E-state index < -0.39 is 0 Å². The molecule has 0 amide bonds. The number of aromatic nitrogens is 2. The molecule has 2 aromatic rings. The van der Waals surface area contributed by atoms with Crippen LogP contribution in [0.25, 0.3) is 0 Å². The second kappa shape index (κ2) is 5.54. The first kappa shape index (κ1) is 13.0. The largest absolute Gasteiger partial charge is 0.340 e. The fraction of sp³-hybridized carbons (Fsp3) is 0.333. The number of rotatable bonds is 3. The number of nitrogens with one attached hydrogen (secondary N) is 2. The molecule has 0 unspecified atom stereocenters. The minimum Gasteiger partial charge on any atom is -0.340 e. The summed E-state index contributed by atoms with van der Waals surface area (Å²) in [4.78, 5) is 8.61. The molecule has 1 aliphatic rings. The van der Waals surface area contributed by atoms with Crippen molar-refractivity contribution in [2.45, 2.75) is 26.3 Å². The molecule has 1 aliphatic heterocycles. The van der Waals surface area contributed by atoms with E-state index in [0.717, 1.165) is 42.3 Å². The Morgan fingerprint density at radius 2 is 2.25 bits per heavy atom. The molecule has 1 aromatic heterocycles. The Bertz CT molecular complexity index is 627. The Morgan fingerprint density at radius 1 is 1.35 bits per heavy atom. The van der Waals surface area contributed by atoms with E-state index in [4.69, 9.17) is 0 Å². The van der Waals surface area contributed by atoms with Crippen molar-refractivity contribution in [3.05, 3.63) is 47.2 Å². The van der Waals surface area contributed by atoms with Crippen LogP contribution < -0.4 is 10.6 Å². The third-order valence-corrected chi connectivity index (χ3v) is 3.60. The zero-order valence-corrected chi connectivity index (χ0v) is 11.4. The minimum absolute atomic E-state index is 0.179. The van der Waals surface area contributed by atoms with Gasteiger partial charge in [0.25, 0.3) is 0 Å². The van der Waals surface area contributed by atoms with Crippen LogP contribution >= 0.6 is 0 Å². The average molecular weight is 272 g/mol. The summed E-state index contributed by atoms with van der Waals surface area (Å²) in [6, 6.07) is 5.09. The monoisotopic (exact) mass is 272 g/mol. The van der Waals surface area contributed by atoms with Crippen LogP contribution in [0, 0.1) is 5.82 Å². The zero-order valence-electron chi connectivity index (χ0n) is 11.4. The van der Waals surface area contributed by atoms with Crippen LogP contribution in [0.15, 0.2) is 24.5 Å². The Morgan fingerprint density at radius 3 is 3.10 bits per heavy atom. The van der Waals surface area contributed by atoms with Crippen LogP contribution in [0.3, 0.4) is 0 Å². The molecule has 20 heavy (non-hydrogen) atoms. The molecule has 0 saturated carbocycles. The zero-order chi connectivity index (χ0) is 13.9. The summed E-state index contributed by atoms with van der Waals surface area (Å²) in [5.74, 6) is 0.610. The van der Waals surface area contributed by atoms with Gasteiger partial charge in [-0.15, -0.1) is 0 Å². The van der Waals surface area contributed by atoms with Gasteiger partial charge in [0, 0.05) is 23.4 Å². The van der Waals surface area contributed by atoms with Gasteiger partial charge in [-0.1, -0.05) is 13.0 Å². The Balaban J connectivity index is 1.98. The number of anilines is 2. The van der Waals surface area contributed by atoms with Crippen molar-refractivity contribution in [2.75, 3.05) is 11.9 Å². The van der Waals surface area contributed by atoms with E-state index in [9.17, 15) is 4.39 Å². The molecule has 3 rings (SSSR count). The number of nitrogens with zero attached hydrogens (tertiary/aromatic N) is 2. The third kappa shape index (κ3) is 2.36. The summed E-state index contributed by atoms with van der Waals surface area (Å²) >= 11 is 0. The molecular weight excluding hydrogens is 255 g/mol. The van der Waals surface area contributed by atoms with Gasteiger partial charge in [-0.05, 0) is 31.5 Å². The Kier molecular flexibility index (Phi) is 3.60. The van der Waals surface area contributed by atoms with E-state index in [1.54, 1.807) is 12.4 Å². The lowest BCUT2D eigenvalue weighted by atomic mass is 10.1. The molecule has 0 atom stereocenters. The van der Waals surface area contributed by atoms with Gasteiger partial charge in [0.1, 0.15) is 18.0 Å². The van der Waals surface area contributed by atoms with Gasteiger partial charge in [-0.3, -0.25) is 0 Å². The molecule has 1 aromatic carbocycles. The highest BCUT2D eigenvalue weighted by Crippen LogP contribution is 2.26. The van der Waals surface area contributed by atoms with Gasteiger partial charge in [0.15, 0.2) is 0 Å². The highest BCUT2D eigenvalue weighted by Gasteiger charge is 2.16. The number of benzene rings is 1. The highest BCUT2D eigenvalue weighted by molar-refractivity contribution is 5.64. The summed E-state index contributed by atoms with van der Waals surface area (Å²) in [5, 5.41) is 6.56. The molecule has 104 valence electrons. The number of halogens is 1. The topological polar surface area (TPSA) is 49.8 Å². The van der Waals surface area contributed by atoms with Gasteiger partial charge >= 0.3 is 0 Å². The van der Waals surface area contributed by atoms with Gasteiger partial charge < -0.3 is 10.6 Å². The smallest absolute Gasteiger partial charge is 0.137 e. The maximum atomic E-state index is 13.8. The van der Waals surface area contributed by atoms with E-state index in [2.05, 4.69) is 20.6 Å². The fourth-order valence-electron chi connectivity index (χ4n) is 2.55. The molecule has 0 aliphatic carbocycles.